The smallest absolute Gasteiger partial charge is 0.407 e. The molecule has 2 aliphatic rings. The molecule has 1 saturated carbocycles. The van der Waals surface area contributed by atoms with Gasteiger partial charge in [0.1, 0.15) is 17.3 Å². The molecule has 232 valence electrons. The first-order valence-electron chi connectivity index (χ1n) is 14.6. The molecular formula is C31H34F3N7O3. The van der Waals surface area contributed by atoms with Gasteiger partial charge in [-0.2, -0.15) is 9.61 Å². The van der Waals surface area contributed by atoms with Crippen molar-refractivity contribution in [2.24, 2.45) is 11.7 Å². The second-order valence-corrected chi connectivity index (χ2v) is 11.6. The third kappa shape index (κ3) is 5.69. The Kier molecular flexibility index (Phi) is 8.16. The van der Waals surface area contributed by atoms with E-state index >= 15 is 13.2 Å². The molecule has 1 aromatic carbocycles. The molecule has 0 bridgehead atoms. The van der Waals surface area contributed by atoms with Crippen molar-refractivity contribution in [3.05, 3.63) is 71.7 Å². The quantitative estimate of drug-likeness (QED) is 0.267. The zero-order valence-electron chi connectivity index (χ0n) is 24.4. The van der Waals surface area contributed by atoms with Crippen LogP contribution in [-0.2, 0) is 15.1 Å². The number of ether oxygens (including phenoxy) is 2. The summed E-state index contributed by atoms with van der Waals surface area (Å²) in [5.41, 5.74) is 6.52. The van der Waals surface area contributed by atoms with E-state index in [2.05, 4.69) is 25.7 Å². The summed E-state index contributed by atoms with van der Waals surface area (Å²) in [6, 6.07) is 6.64. The lowest BCUT2D eigenvalue weighted by molar-refractivity contribution is -0.0117. The lowest BCUT2D eigenvalue weighted by Crippen LogP contribution is -2.54. The number of alkyl halides is 1. The van der Waals surface area contributed by atoms with Gasteiger partial charge in [0, 0.05) is 44.3 Å². The van der Waals surface area contributed by atoms with Crippen molar-refractivity contribution >= 4 is 23.2 Å². The number of carbonyl (C=O) groups excluding carboxylic acids is 1. The molecule has 44 heavy (non-hydrogen) atoms. The zero-order valence-corrected chi connectivity index (χ0v) is 24.4. The fraction of sp³-hybridized carbons (Fsp3) is 0.419. The molecule has 10 nitrogen and oxygen atoms in total. The number of anilines is 2. The largest absolute Gasteiger partial charge is 0.453 e. The molecule has 0 radical (unpaired) electrons. The fourth-order valence-electron chi connectivity index (χ4n) is 6.43. The minimum absolute atomic E-state index is 0.0302. The van der Waals surface area contributed by atoms with Gasteiger partial charge in [-0.15, -0.1) is 0 Å². The second kappa shape index (κ2) is 12.0. The Balaban J connectivity index is 1.28. The number of nitrogens with two attached hydrogens (primary N) is 1. The van der Waals surface area contributed by atoms with Crippen LogP contribution >= 0.6 is 0 Å². The molecule has 4 N–H and O–H groups in total. The van der Waals surface area contributed by atoms with Gasteiger partial charge >= 0.3 is 6.09 Å². The van der Waals surface area contributed by atoms with Crippen LogP contribution in [0.5, 0.6) is 0 Å². The van der Waals surface area contributed by atoms with Crippen LogP contribution in [0.3, 0.4) is 0 Å². The molecule has 4 unspecified atom stereocenters. The predicted octanol–water partition coefficient (Wildman–Crippen LogP) is 5.35. The molecule has 4 heterocycles. The molecule has 1 aliphatic carbocycles. The standard InChI is InChI=1S/C31H34F3N7O3/c1-17-11-18(12-24(35)28(17)39-30(42)43-2)21-5-8-36-16-26(21)38-29-37-15-20-3-4-25(40-41(20)29)27-22(32)13-19(14-23(27)33)31(34)6-9-44-10-7-31/h3-5,8,13-18,24,28H,6-7,9-12,35H2,1-2H3,(H,37,38)(H,39,42). The molecule has 4 atom stereocenters. The number of benzene rings is 1. The second-order valence-electron chi connectivity index (χ2n) is 11.6. The summed E-state index contributed by atoms with van der Waals surface area (Å²) in [5.74, 6) is -1.34. The van der Waals surface area contributed by atoms with Crippen LogP contribution in [0.25, 0.3) is 16.8 Å². The van der Waals surface area contributed by atoms with Crippen LogP contribution in [0, 0.1) is 17.6 Å². The maximum absolute atomic E-state index is 15.4. The number of amides is 1. The van der Waals surface area contributed by atoms with Crippen molar-refractivity contribution in [2.45, 2.75) is 56.3 Å². The summed E-state index contributed by atoms with van der Waals surface area (Å²) in [6.07, 6.45) is 5.89. The minimum atomic E-state index is -1.85. The molecule has 0 spiro atoms. The van der Waals surface area contributed by atoms with Gasteiger partial charge in [-0.05, 0) is 66.1 Å². The van der Waals surface area contributed by atoms with Gasteiger partial charge in [0.05, 0.1) is 42.0 Å². The average Bonchev–Trinajstić information content (AvgIpc) is 3.41. The number of rotatable bonds is 6. The van der Waals surface area contributed by atoms with Gasteiger partial charge in [0.2, 0.25) is 5.95 Å². The van der Waals surface area contributed by atoms with E-state index < -0.39 is 23.4 Å². The van der Waals surface area contributed by atoms with Gasteiger partial charge in [-0.1, -0.05) is 6.92 Å². The van der Waals surface area contributed by atoms with Crippen LogP contribution in [0.15, 0.2) is 48.9 Å². The third-order valence-electron chi connectivity index (χ3n) is 8.78. The third-order valence-corrected chi connectivity index (χ3v) is 8.78. The van der Waals surface area contributed by atoms with Crippen LogP contribution < -0.4 is 16.4 Å². The average molecular weight is 610 g/mol. The molecular weight excluding hydrogens is 575 g/mol. The topological polar surface area (TPSA) is 129 Å². The monoisotopic (exact) mass is 609 g/mol. The number of halogens is 3. The highest BCUT2D eigenvalue weighted by Crippen LogP contribution is 2.40. The summed E-state index contributed by atoms with van der Waals surface area (Å²) >= 11 is 0. The lowest BCUT2D eigenvalue weighted by Gasteiger charge is -2.39. The molecule has 13 heteroatoms. The fourth-order valence-corrected chi connectivity index (χ4v) is 6.43. The number of methoxy groups -OCH3 is 1. The van der Waals surface area contributed by atoms with Gasteiger partial charge in [0.25, 0.3) is 0 Å². The van der Waals surface area contributed by atoms with E-state index in [1.165, 1.54) is 17.7 Å². The summed E-state index contributed by atoms with van der Waals surface area (Å²) in [6.45, 7) is 2.42. The summed E-state index contributed by atoms with van der Waals surface area (Å²) in [4.78, 5) is 20.6. The maximum Gasteiger partial charge on any atom is 0.407 e. The zero-order chi connectivity index (χ0) is 31.0. The van der Waals surface area contributed by atoms with Gasteiger partial charge in [-0.3, -0.25) is 4.98 Å². The number of nitrogens with zero attached hydrogens (tertiary/aromatic N) is 4. The van der Waals surface area contributed by atoms with Crippen LogP contribution in [0.1, 0.15) is 49.7 Å². The first-order valence-corrected chi connectivity index (χ1v) is 14.6. The van der Waals surface area contributed by atoms with E-state index in [1.54, 1.807) is 24.7 Å². The highest BCUT2D eigenvalue weighted by Gasteiger charge is 2.37. The van der Waals surface area contributed by atoms with Gasteiger partial charge < -0.3 is 25.8 Å². The number of carbonyl (C=O) groups is 1. The summed E-state index contributed by atoms with van der Waals surface area (Å²) < 4.78 is 57.6. The van der Waals surface area contributed by atoms with Crippen molar-refractivity contribution in [3.63, 3.8) is 0 Å². The number of hydrogen-bond donors (Lipinski definition) is 3. The van der Waals surface area contributed by atoms with Crippen LogP contribution in [0.4, 0.5) is 29.6 Å². The first kappa shape index (κ1) is 29.8. The molecule has 1 aliphatic heterocycles. The number of fused-ring (bicyclic) bond motifs is 1. The van der Waals surface area contributed by atoms with Gasteiger partial charge in [0.15, 0.2) is 0 Å². The maximum atomic E-state index is 15.4. The molecule has 3 aromatic heterocycles. The number of hydrogen-bond acceptors (Lipinski definition) is 8. The Morgan fingerprint density at radius 1 is 1.14 bits per heavy atom. The number of aromatic nitrogens is 4. The number of alkyl carbamates (subject to hydrolysis) is 1. The highest BCUT2D eigenvalue weighted by atomic mass is 19.1. The highest BCUT2D eigenvalue weighted by molar-refractivity contribution is 5.68. The molecule has 6 rings (SSSR count). The number of imidazole rings is 1. The molecule has 2 fully saturated rings. The summed E-state index contributed by atoms with van der Waals surface area (Å²) in [5, 5.41) is 10.6. The van der Waals surface area contributed by atoms with E-state index in [0.29, 0.717) is 23.6 Å². The van der Waals surface area contributed by atoms with Crippen molar-refractivity contribution in [2.75, 3.05) is 25.6 Å². The Hall–Kier alpha value is -4.23. The van der Waals surface area contributed by atoms with Crippen molar-refractivity contribution < 1.29 is 27.4 Å². The van der Waals surface area contributed by atoms with Gasteiger partial charge in [-0.25, -0.2) is 22.9 Å². The Morgan fingerprint density at radius 3 is 2.59 bits per heavy atom. The minimum Gasteiger partial charge on any atom is -0.453 e. The van der Waals surface area contributed by atoms with Crippen molar-refractivity contribution in [3.8, 4) is 11.3 Å². The Bertz CT molecular complexity index is 1640. The lowest BCUT2D eigenvalue weighted by atomic mass is 9.73. The van der Waals surface area contributed by atoms with E-state index in [4.69, 9.17) is 15.2 Å². The van der Waals surface area contributed by atoms with E-state index in [1.807, 2.05) is 13.0 Å². The van der Waals surface area contributed by atoms with Crippen molar-refractivity contribution in [1.29, 1.82) is 0 Å². The molecule has 1 saturated heterocycles. The normalized spacial score (nSPS) is 23.3. The summed E-state index contributed by atoms with van der Waals surface area (Å²) in [7, 11) is 1.32. The Labute approximate surface area is 252 Å². The first-order chi connectivity index (χ1) is 21.2. The van der Waals surface area contributed by atoms with Crippen molar-refractivity contribution in [1.82, 2.24) is 24.9 Å². The Morgan fingerprint density at radius 2 is 1.89 bits per heavy atom. The van der Waals surface area contributed by atoms with Crippen LogP contribution in [0.2, 0.25) is 0 Å². The van der Waals surface area contributed by atoms with E-state index in [-0.39, 0.29) is 66.8 Å². The SMILES string of the molecule is COC(=O)NC1C(C)CC(c2ccncc2Nc2ncc3ccc(-c4c(F)cc(C5(F)CCOCC5)cc4F)nn23)CC1N. The van der Waals surface area contributed by atoms with Crippen LogP contribution in [-0.4, -0.2) is 58.1 Å². The van der Waals surface area contributed by atoms with E-state index in [0.717, 1.165) is 24.1 Å². The molecule has 4 aromatic rings. The van der Waals surface area contributed by atoms with E-state index in [9.17, 15) is 4.79 Å². The number of nitrogens with one attached hydrogen (secondary N) is 2. The molecule has 1 amide bonds. The predicted molar refractivity (Wildman–Crippen MR) is 157 cm³/mol. The number of pyridine rings is 1.